The van der Waals surface area contributed by atoms with Crippen molar-refractivity contribution < 1.29 is 14.7 Å². The average Bonchev–Trinajstić information content (AvgIpc) is 2.69. The number of aliphatic carboxylic acids is 1. The number of thioether (sulfide) groups is 1. The fourth-order valence-electron chi connectivity index (χ4n) is 1.47. The molecule has 1 rings (SSSR count). The van der Waals surface area contributed by atoms with Gasteiger partial charge in [0.05, 0.1) is 10.6 Å². The number of carbonyl (C=O) groups is 2. The van der Waals surface area contributed by atoms with Crippen LogP contribution in [0.25, 0.3) is 0 Å². The Hall–Kier alpha value is -1.01. The van der Waals surface area contributed by atoms with Crippen molar-refractivity contribution in [3.8, 4) is 0 Å². The minimum atomic E-state index is -0.826. The number of carboxylic acid groups (broad SMARTS) is 1. The molecule has 0 saturated carbocycles. The van der Waals surface area contributed by atoms with Crippen molar-refractivity contribution in [3.63, 3.8) is 0 Å². The molecule has 18 heavy (non-hydrogen) atoms. The molecular weight excluding hydrogens is 270 g/mol. The lowest BCUT2D eigenvalue weighted by molar-refractivity contribution is -0.133. The maximum absolute atomic E-state index is 11.8. The third kappa shape index (κ3) is 4.70. The Labute approximate surface area is 115 Å². The van der Waals surface area contributed by atoms with Crippen LogP contribution in [0.1, 0.15) is 27.0 Å². The molecule has 2 N–H and O–H groups in total. The molecule has 0 radical (unpaired) electrons. The van der Waals surface area contributed by atoms with Gasteiger partial charge in [-0.05, 0) is 25.0 Å². The Morgan fingerprint density at radius 3 is 2.78 bits per heavy atom. The number of amides is 1. The highest BCUT2D eigenvalue weighted by Gasteiger charge is 2.10. The molecule has 0 saturated heterocycles. The van der Waals surface area contributed by atoms with E-state index >= 15 is 0 Å². The summed E-state index contributed by atoms with van der Waals surface area (Å²) >= 11 is 2.82. The summed E-state index contributed by atoms with van der Waals surface area (Å²) in [5.41, 5.74) is 1.16. The standard InChI is InChI=1S/C12H17NO3S2/c1-3-9-8(2)6-10(18-9)12(16)13-4-5-17-7-11(14)15/h6H,3-5,7H2,1-2H3,(H,13,16)(H,14,15). The van der Waals surface area contributed by atoms with Crippen LogP contribution in [0.3, 0.4) is 0 Å². The number of carboxylic acids is 1. The zero-order valence-electron chi connectivity index (χ0n) is 10.5. The molecule has 1 aromatic heterocycles. The Morgan fingerprint density at radius 2 is 2.22 bits per heavy atom. The molecule has 6 heteroatoms. The molecule has 0 aliphatic rings. The van der Waals surface area contributed by atoms with E-state index in [0.29, 0.717) is 12.3 Å². The summed E-state index contributed by atoms with van der Waals surface area (Å²) in [4.78, 5) is 24.0. The second kappa shape index (κ2) is 7.43. The highest BCUT2D eigenvalue weighted by Crippen LogP contribution is 2.22. The molecule has 0 spiro atoms. The molecule has 0 atom stereocenters. The number of carbonyl (C=O) groups excluding carboxylic acids is 1. The largest absolute Gasteiger partial charge is 0.481 e. The summed E-state index contributed by atoms with van der Waals surface area (Å²) < 4.78 is 0. The predicted molar refractivity (Wildman–Crippen MR) is 75.7 cm³/mol. The summed E-state index contributed by atoms with van der Waals surface area (Å²) in [7, 11) is 0. The van der Waals surface area contributed by atoms with Gasteiger partial charge in [0.1, 0.15) is 0 Å². The third-order valence-electron chi connectivity index (χ3n) is 2.32. The first kappa shape index (κ1) is 15.0. The van der Waals surface area contributed by atoms with Crippen LogP contribution in [0.4, 0.5) is 0 Å². The fraction of sp³-hybridized carbons (Fsp3) is 0.500. The summed E-state index contributed by atoms with van der Waals surface area (Å²) in [5.74, 6) is -0.205. The van der Waals surface area contributed by atoms with Gasteiger partial charge in [-0.1, -0.05) is 6.92 Å². The van der Waals surface area contributed by atoms with Gasteiger partial charge < -0.3 is 10.4 Å². The Kier molecular flexibility index (Phi) is 6.21. The van der Waals surface area contributed by atoms with E-state index in [2.05, 4.69) is 12.2 Å². The van der Waals surface area contributed by atoms with E-state index in [1.807, 2.05) is 13.0 Å². The molecule has 1 heterocycles. The van der Waals surface area contributed by atoms with Gasteiger partial charge in [-0.25, -0.2) is 0 Å². The molecule has 1 aromatic rings. The number of nitrogens with one attached hydrogen (secondary N) is 1. The molecule has 0 aliphatic carbocycles. The van der Waals surface area contributed by atoms with E-state index in [1.54, 1.807) is 0 Å². The number of rotatable bonds is 7. The van der Waals surface area contributed by atoms with Crippen LogP contribution in [0, 0.1) is 6.92 Å². The van der Waals surface area contributed by atoms with Gasteiger partial charge in [0.15, 0.2) is 0 Å². The van der Waals surface area contributed by atoms with Gasteiger partial charge in [-0.15, -0.1) is 23.1 Å². The number of hydrogen-bond acceptors (Lipinski definition) is 4. The molecule has 0 aromatic carbocycles. The van der Waals surface area contributed by atoms with Gasteiger partial charge in [0, 0.05) is 17.2 Å². The third-order valence-corrected chi connectivity index (χ3v) is 4.65. The van der Waals surface area contributed by atoms with Crippen molar-refractivity contribution in [2.45, 2.75) is 20.3 Å². The van der Waals surface area contributed by atoms with E-state index in [-0.39, 0.29) is 11.7 Å². The van der Waals surface area contributed by atoms with Crippen LogP contribution >= 0.6 is 23.1 Å². The molecule has 1 amide bonds. The maximum atomic E-state index is 11.8. The van der Waals surface area contributed by atoms with Gasteiger partial charge in [-0.3, -0.25) is 9.59 Å². The van der Waals surface area contributed by atoms with Crippen LogP contribution < -0.4 is 5.32 Å². The molecule has 0 fully saturated rings. The Morgan fingerprint density at radius 1 is 1.50 bits per heavy atom. The van der Waals surface area contributed by atoms with Crippen LogP contribution in [-0.4, -0.2) is 35.0 Å². The zero-order valence-corrected chi connectivity index (χ0v) is 12.1. The van der Waals surface area contributed by atoms with Crippen LogP contribution in [0.15, 0.2) is 6.07 Å². The summed E-state index contributed by atoms with van der Waals surface area (Å²) in [5, 5.41) is 11.2. The lowest BCUT2D eigenvalue weighted by Crippen LogP contribution is -2.25. The molecule has 100 valence electrons. The molecule has 4 nitrogen and oxygen atoms in total. The van der Waals surface area contributed by atoms with Crippen LogP contribution in [0.2, 0.25) is 0 Å². The summed E-state index contributed by atoms with van der Waals surface area (Å²) in [6.07, 6.45) is 0.943. The fourth-order valence-corrected chi connectivity index (χ4v) is 3.06. The van der Waals surface area contributed by atoms with Crippen LogP contribution in [-0.2, 0) is 11.2 Å². The van der Waals surface area contributed by atoms with E-state index < -0.39 is 5.97 Å². The average molecular weight is 287 g/mol. The quantitative estimate of drug-likeness (QED) is 0.754. The Balaban J connectivity index is 2.34. The first-order valence-corrected chi connectivity index (χ1v) is 7.68. The van der Waals surface area contributed by atoms with E-state index in [4.69, 9.17) is 5.11 Å². The second-order valence-corrected chi connectivity index (χ2v) is 6.01. The summed E-state index contributed by atoms with van der Waals surface area (Å²) in [6, 6.07) is 1.91. The van der Waals surface area contributed by atoms with Crippen molar-refractivity contribution in [1.29, 1.82) is 0 Å². The lowest BCUT2D eigenvalue weighted by atomic mass is 10.2. The van der Waals surface area contributed by atoms with Crippen molar-refractivity contribution in [1.82, 2.24) is 5.32 Å². The Bertz CT molecular complexity index is 429. The first-order valence-electron chi connectivity index (χ1n) is 5.71. The minimum Gasteiger partial charge on any atom is -0.481 e. The minimum absolute atomic E-state index is 0.0706. The number of hydrogen-bond donors (Lipinski definition) is 2. The molecule has 0 aliphatic heterocycles. The summed E-state index contributed by atoms with van der Waals surface area (Å²) in [6.45, 7) is 4.58. The lowest BCUT2D eigenvalue weighted by Gasteiger charge is -2.02. The van der Waals surface area contributed by atoms with Gasteiger partial charge in [0.2, 0.25) is 0 Å². The van der Waals surface area contributed by atoms with Crippen molar-refractivity contribution in [2.24, 2.45) is 0 Å². The monoisotopic (exact) mass is 287 g/mol. The van der Waals surface area contributed by atoms with Gasteiger partial charge >= 0.3 is 5.97 Å². The predicted octanol–water partition coefficient (Wildman–Crippen LogP) is 2.17. The smallest absolute Gasteiger partial charge is 0.313 e. The maximum Gasteiger partial charge on any atom is 0.313 e. The highest BCUT2D eigenvalue weighted by molar-refractivity contribution is 7.99. The van der Waals surface area contributed by atoms with E-state index in [9.17, 15) is 9.59 Å². The van der Waals surface area contributed by atoms with Crippen LogP contribution in [0.5, 0.6) is 0 Å². The molecular formula is C12H17NO3S2. The molecule has 0 unspecified atom stereocenters. The SMILES string of the molecule is CCc1sc(C(=O)NCCSCC(=O)O)cc1C. The highest BCUT2D eigenvalue weighted by atomic mass is 32.2. The number of aryl methyl sites for hydroxylation is 2. The topological polar surface area (TPSA) is 66.4 Å². The van der Waals surface area contributed by atoms with E-state index in [0.717, 1.165) is 16.9 Å². The normalized spacial score (nSPS) is 10.3. The van der Waals surface area contributed by atoms with Crippen molar-refractivity contribution >= 4 is 35.0 Å². The molecule has 0 bridgehead atoms. The second-order valence-electron chi connectivity index (χ2n) is 3.77. The first-order chi connectivity index (χ1) is 8.54. The zero-order chi connectivity index (χ0) is 13.5. The van der Waals surface area contributed by atoms with E-state index in [1.165, 1.54) is 28.0 Å². The van der Waals surface area contributed by atoms with Crippen molar-refractivity contribution in [2.75, 3.05) is 18.1 Å². The van der Waals surface area contributed by atoms with Crippen molar-refractivity contribution in [3.05, 3.63) is 21.4 Å². The van der Waals surface area contributed by atoms with Gasteiger partial charge in [0.25, 0.3) is 5.91 Å². The number of thiophene rings is 1. The van der Waals surface area contributed by atoms with Gasteiger partial charge in [-0.2, -0.15) is 0 Å².